The van der Waals surface area contributed by atoms with Crippen LogP contribution in [0.3, 0.4) is 0 Å². The molecule has 1 aliphatic rings. The number of aromatic nitrogens is 3. The minimum atomic E-state index is -0.475. The van der Waals surface area contributed by atoms with E-state index in [0.717, 1.165) is 24.2 Å². The van der Waals surface area contributed by atoms with E-state index in [9.17, 15) is 14.4 Å². The second kappa shape index (κ2) is 7.43. The first-order valence-corrected chi connectivity index (χ1v) is 8.20. The van der Waals surface area contributed by atoms with Crippen molar-refractivity contribution in [2.75, 3.05) is 26.2 Å². The smallest absolute Gasteiger partial charge is 0.331 e. The molecule has 8 heteroatoms. The minimum Gasteiger partial charge on any atom is -0.339 e. The number of pyridine rings is 1. The van der Waals surface area contributed by atoms with Crippen molar-refractivity contribution in [2.24, 2.45) is 7.05 Å². The Balaban J connectivity index is 1.56. The molecular weight excluding hydrogens is 322 g/mol. The van der Waals surface area contributed by atoms with Gasteiger partial charge in [0.25, 0.3) is 5.56 Å². The van der Waals surface area contributed by atoms with Crippen molar-refractivity contribution in [1.82, 2.24) is 23.9 Å². The number of piperazine rings is 1. The van der Waals surface area contributed by atoms with Gasteiger partial charge in [-0.05, 0) is 17.7 Å². The van der Waals surface area contributed by atoms with E-state index >= 15 is 0 Å². The molecule has 1 saturated heterocycles. The van der Waals surface area contributed by atoms with Crippen LogP contribution in [-0.4, -0.2) is 56.0 Å². The van der Waals surface area contributed by atoms with E-state index in [1.165, 1.54) is 29.4 Å². The van der Waals surface area contributed by atoms with Crippen LogP contribution in [0.1, 0.15) is 5.56 Å². The molecule has 2 aromatic heterocycles. The third-order valence-corrected chi connectivity index (χ3v) is 4.45. The van der Waals surface area contributed by atoms with Gasteiger partial charge in [0.2, 0.25) is 5.91 Å². The average molecular weight is 343 g/mol. The molecule has 0 unspecified atom stereocenters. The summed E-state index contributed by atoms with van der Waals surface area (Å²) < 4.78 is 2.27. The molecular formula is C17H21N5O3. The van der Waals surface area contributed by atoms with Crippen molar-refractivity contribution >= 4 is 5.91 Å². The normalized spacial score (nSPS) is 15.3. The first-order chi connectivity index (χ1) is 12.0. The third-order valence-electron chi connectivity index (χ3n) is 4.45. The van der Waals surface area contributed by atoms with E-state index in [1.54, 1.807) is 17.3 Å². The summed E-state index contributed by atoms with van der Waals surface area (Å²) in [5.41, 5.74) is 0.349. The number of carbonyl (C=O) groups excluding carboxylic acids is 1. The number of nitrogens with zero attached hydrogens (tertiary/aromatic N) is 5. The van der Waals surface area contributed by atoms with Crippen LogP contribution in [-0.2, 0) is 24.9 Å². The third kappa shape index (κ3) is 4.03. The Labute approximate surface area is 144 Å². The van der Waals surface area contributed by atoms with Gasteiger partial charge in [0.05, 0.1) is 0 Å². The average Bonchev–Trinajstić information content (AvgIpc) is 2.63. The van der Waals surface area contributed by atoms with Crippen molar-refractivity contribution in [3.8, 4) is 0 Å². The Morgan fingerprint density at radius 1 is 1.08 bits per heavy atom. The number of hydrogen-bond acceptors (Lipinski definition) is 5. The number of carbonyl (C=O) groups is 1. The molecule has 1 fully saturated rings. The lowest BCUT2D eigenvalue weighted by atomic mass is 10.2. The van der Waals surface area contributed by atoms with E-state index in [0.29, 0.717) is 13.1 Å². The summed E-state index contributed by atoms with van der Waals surface area (Å²) in [4.78, 5) is 43.9. The van der Waals surface area contributed by atoms with Crippen LogP contribution in [0.2, 0.25) is 0 Å². The SMILES string of the molecule is Cn1c(=O)ccn(CC(=O)N2CCN(Cc3ccncc3)CC2)c1=O. The molecule has 0 saturated carbocycles. The maximum atomic E-state index is 12.4. The van der Waals surface area contributed by atoms with E-state index in [-0.39, 0.29) is 18.0 Å². The molecule has 0 N–H and O–H groups in total. The van der Waals surface area contributed by atoms with Crippen LogP contribution in [0.5, 0.6) is 0 Å². The van der Waals surface area contributed by atoms with Gasteiger partial charge in [-0.3, -0.25) is 28.6 Å². The number of hydrogen-bond donors (Lipinski definition) is 0. The molecule has 0 atom stereocenters. The molecule has 0 aromatic carbocycles. The molecule has 3 heterocycles. The fourth-order valence-corrected chi connectivity index (χ4v) is 2.88. The van der Waals surface area contributed by atoms with E-state index < -0.39 is 5.69 Å². The minimum absolute atomic E-state index is 0.0443. The summed E-state index contributed by atoms with van der Waals surface area (Å²) in [5, 5.41) is 0. The molecule has 1 aliphatic heterocycles. The monoisotopic (exact) mass is 343 g/mol. The van der Waals surface area contributed by atoms with Gasteiger partial charge in [-0.1, -0.05) is 0 Å². The maximum absolute atomic E-state index is 12.4. The van der Waals surface area contributed by atoms with E-state index in [2.05, 4.69) is 9.88 Å². The molecule has 0 bridgehead atoms. The lowest BCUT2D eigenvalue weighted by Crippen LogP contribution is -2.50. The lowest BCUT2D eigenvalue weighted by Gasteiger charge is -2.34. The van der Waals surface area contributed by atoms with Crippen LogP contribution >= 0.6 is 0 Å². The summed E-state index contributed by atoms with van der Waals surface area (Å²) in [5.74, 6) is -0.107. The van der Waals surface area contributed by atoms with Crippen molar-refractivity contribution in [1.29, 1.82) is 0 Å². The van der Waals surface area contributed by atoms with Crippen LogP contribution < -0.4 is 11.2 Å². The summed E-state index contributed by atoms with van der Waals surface area (Å²) in [6.07, 6.45) is 4.93. The highest BCUT2D eigenvalue weighted by Gasteiger charge is 2.21. The Kier molecular flexibility index (Phi) is 5.08. The van der Waals surface area contributed by atoms with Crippen molar-refractivity contribution in [3.63, 3.8) is 0 Å². The molecule has 2 aromatic rings. The van der Waals surface area contributed by atoms with Gasteiger partial charge in [-0.25, -0.2) is 4.79 Å². The topological polar surface area (TPSA) is 80.4 Å². The second-order valence-electron chi connectivity index (χ2n) is 6.14. The lowest BCUT2D eigenvalue weighted by molar-refractivity contribution is -0.133. The standard InChI is InChI=1S/C17H21N5O3/c1-19-15(23)4-7-22(17(19)25)13-16(24)21-10-8-20(9-11-21)12-14-2-5-18-6-3-14/h2-7H,8-13H2,1H3. The van der Waals surface area contributed by atoms with Gasteiger partial charge in [-0.2, -0.15) is 0 Å². The molecule has 1 amide bonds. The van der Waals surface area contributed by atoms with Gasteiger partial charge in [0.15, 0.2) is 0 Å². The Bertz CT molecular complexity index is 851. The summed E-state index contributed by atoms with van der Waals surface area (Å²) >= 11 is 0. The van der Waals surface area contributed by atoms with Gasteiger partial charge < -0.3 is 4.90 Å². The van der Waals surface area contributed by atoms with Crippen molar-refractivity contribution in [2.45, 2.75) is 13.1 Å². The summed E-state index contributed by atoms with van der Waals surface area (Å²) in [6.45, 7) is 3.63. The summed E-state index contributed by atoms with van der Waals surface area (Å²) in [7, 11) is 1.41. The summed E-state index contributed by atoms with van der Waals surface area (Å²) in [6, 6.07) is 5.27. The maximum Gasteiger partial charge on any atom is 0.331 e. The Morgan fingerprint density at radius 3 is 2.44 bits per heavy atom. The zero-order valence-corrected chi connectivity index (χ0v) is 14.2. The van der Waals surface area contributed by atoms with Gasteiger partial charge >= 0.3 is 5.69 Å². The van der Waals surface area contributed by atoms with E-state index in [1.807, 2.05) is 12.1 Å². The van der Waals surface area contributed by atoms with Crippen LogP contribution in [0.15, 0.2) is 46.4 Å². The number of rotatable bonds is 4. The predicted octanol–water partition coefficient (Wildman–Crippen LogP) is -0.714. The van der Waals surface area contributed by atoms with Crippen LogP contribution in [0.25, 0.3) is 0 Å². The zero-order valence-electron chi connectivity index (χ0n) is 14.2. The van der Waals surface area contributed by atoms with Gasteiger partial charge in [-0.15, -0.1) is 0 Å². The molecule has 25 heavy (non-hydrogen) atoms. The highest BCUT2D eigenvalue weighted by atomic mass is 16.2. The number of amides is 1. The first kappa shape index (κ1) is 17.1. The quantitative estimate of drug-likeness (QED) is 0.732. The molecule has 0 radical (unpaired) electrons. The Hall–Kier alpha value is -2.74. The fraction of sp³-hybridized carbons (Fsp3) is 0.412. The molecule has 0 spiro atoms. The van der Waals surface area contributed by atoms with Crippen molar-refractivity contribution in [3.05, 3.63) is 63.2 Å². The zero-order chi connectivity index (χ0) is 17.8. The van der Waals surface area contributed by atoms with Crippen LogP contribution in [0.4, 0.5) is 0 Å². The highest BCUT2D eigenvalue weighted by molar-refractivity contribution is 5.76. The fourth-order valence-electron chi connectivity index (χ4n) is 2.88. The van der Waals surface area contributed by atoms with Gasteiger partial charge in [0, 0.05) is 64.4 Å². The molecule has 132 valence electrons. The molecule has 3 rings (SSSR count). The van der Waals surface area contributed by atoms with Gasteiger partial charge in [0.1, 0.15) is 6.54 Å². The highest BCUT2D eigenvalue weighted by Crippen LogP contribution is 2.08. The van der Waals surface area contributed by atoms with Crippen LogP contribution in [0, 0.1) is 0 Å². The predicted molar refractivity (Wildman–Crippen MR) is 92.0 cm³/mol. The largest absolute Gasteiger partial charge is 0.339 e. The molecule has 8 nitrogen and oxygen atoms in total. The van der Waals surface area contributed by atoms with Crippen molar-refractivity contribution < 1.29 is 4.79 Å². The first-order valence-electron chi connectivity index (χ1n) is 8.20. The van der Waals surface area contributed by atoms with E-state index in [4.69, 9.17) is 0 Å². The second-order valence-corrected chi connectivity index (χ2v) is 6.14. The Morgan fingerprint density at radius 2 is 1.76 bits per heavy atom. The molecule has 0 aliphatic carbocycles.